The number of hydrogen-bond acceptors (Lipinski definition) is 6. The predicted molar refractivity (Wildman–Crippen MR) is 90.6 cm³/mol. The molecule has 0 aliphatic heterocycles. The molecule has 0 saturated heterocycles. The Morgan fingerprint density at radius 1 is 0.731 bits per heavy atom. The maximum Gasteiger partial charge on any atom is 0.345 e. The van der Waals surface area contributed by atoms with Crippen molar-refractivity contribution < 1.29 is 19.8 Å². The molecule has 0 fully saturated rings. The number of aromatic nitrogens is 2. The predicted octanol–water partition coefficient (Wildman–Crippen LogP) is 0.798. The van der Waals surface area contributed by atoms with Gasteiger partial charge in [0.2, 0.25) is 0 Å². The minimum absolute atomic E-state index is 0.171. The summed E-state index contributed by atoms with van der Waals surface area (Å²) in [5, 5.41) is 19.5. The van der Waals surface area contributed by atoms with Crippen LogP contribution in [0, 0.1) is 0 Å². The molecule has 3 aromatic rings. The Bertz CT molecular complexity index is 1140. The quantitative estimate of drug-likeness (QED) is 0.704. The Morgan fingerprint density at radius 3 is 1.77 bits per heavy atom. The Balaban J connectivity index is 2.17. The smallest absolute Gasteiger partial charge is 0.345 e. The lowest BCUT2D eigenvalue weighted by Gasteiger charge is -2.09. The molecule has 8 heteroatoms. The van der Waals surface area contributed by atoms with Crippen LogP contribution in [0.25, 0.3) is 0 Å². The third-order valence-electron chi connectivity index (χ3n) is 3.67. The molecule has 0 aliphatic rings. The topological polar surface area (TPSA) is 119 Å². The number of phenolic OH excluding ortho intramolecular Hbond substituents is 2. The highest BCUT2D eigenvalue weighted by Crippen LogP contribution is 2.17. The first-order valence-electron chi connectivity index (χ1n) is 7.42. The van der Waals surface area contributed by atoms with Gasteiger partial charge in [-0.1, -0.05) is 24.3 Å². The lowest BCUT2D eigenvalue weighted by Crippen LogP contribution is -2.45. The molecule has 0 unspecified atom stereocenters. The first-order chi connectivity index (χ1) is 12.4. The third kappa shape index (κ3) is 2.80. The van der Waals surface area contributed by atoms with E-state index in [1.54, 1.807) is 0 Å². The van der Waals surface area contributed by atoms with Crippen molar-refractivity contribution in [1.29, 1.82) is 0 Å². The maximum atomic E-state index is 12.6. The molecule has 0 atom stereocenters. The first-order valence-corrected chi connectivity index (χ1v) is 7.42. The zero-order chi connectivity index (χ0) is 18.8. The molecule has 0 aliphatic carbocycles. The highest BCUT2D eigenvalue weighted by atomic mass is 16.3. The van der Waals surface area contributed by atoms with Crippen LogP contribution in [0.3, 0.4) is 0 Å². The highest BCUT2D eigenvalue weighted by Gasteiger charge is 2.21. The lowest BCUT2D eigenvalue weighted by atomic mass is 10.2. The summed E-state index contributed by atoms with van der Waals surface area (Å²) in [6.07, 6.45) is 0.925. The van der Waals surface area contributed by atoms with Crippen molar-refractivity contribution in [1.82, 2.24) is 9.13 Å². The number of carbonyl (C=O) groups is 2. The molecular formula is C18H12N2O6. The van der Waals surface area contributed by atoms with Crippen molar-refractivity contribution in [3.05, 3.63) is 92.8 Å². The molecule has 2 N–H and O–H groups in total. The summed E-state index contributed by atoms with van der Waals surface area (Å²) < 4.78 is 0.779. The second-order valence-electron chi connectivity index (χ2n) is 5.29. The van der Waals surface area contributed by atoms with Gasteiger partial charge < -0.3 is 10.2 Å². The zero-order valence-corrected chi connectivity index (χ0v) is 13.2. The van der Waals surface area contributed by atoms with Crippen LogP contribution in [0.15, 0.2) is 70.4 Å². The van der Waals surface area contributed by atoms with E-state index >= 15 is 0 Å². The van der Waals surface area contributed by atoms with Crippen LogP contribution in [-0.2, 0) is 0 Å². The molecule has 0 spiro atoms. The number of benzene rings is 2. The van der Waals surface area contributed by atoms with Crippen molar-refractivity contribution in [2.75, 3.05) is 0 Å². The summed E-state index contributed by atoms with van der Waals surface area (Å²) in [5.74, 6) is -2.75. The molecule has 1 aromatic heterocycles. The van der Waals surface area contributed by atoms with Gasteiger partial charge in [-0.15, -0.1) is 0 Å². The summed E-state index contributed by atoms with van der Waals surface area (Å²) in [6.45, 7) is 0. The fourth-order valence-corrected chi connectivity index (χ4v) is 2.38. The van der Waals surface area contributed by atoms with E-state index in [1.807, 2.05) is 0 Å². The van der Waals surface area contributed by atoms with Gasteiger partial charge in [-0.3, -0.25) is 14.4 Å². The van der Waals surface area contributed by atoms with Crippen molar-refractivity contribution >= 4 is 11.8 Å². The van der Waals surface area contributed by atoms with Crippen LogP contribution in [-0.4, -0.2) is 31.2 Å². The number of rotatable bonds is 2. The summed E-state index contributed by atoms with van der Waals surface area (Å²) in [7, 11) is 0. The molecule has 0 radical (unpaired) electrons. The van der Waals surface area contributed by atoms with Gasteiger partial charge in [0.1, 0.15) is 11.5 Å². The van der Waals surface area contributed by atoms with Crippen LogP contribution >= 0.6 is 0 Å². The summed E-state index contributed by atoms with van der Waals surface area (Å²) in [4.78, 5) is 49.6. The summed E-state index contributed by atoms with van der Waals surface area (Å²) >= 11 is 0. The minimum Gasteiger partial charge on any atom is -0.507 e. The molecule has 2 aromatic carbocycles. The van der Waals surface area contributed by atoms with Crippen molar-refractivity contribution in [2.45, 2.75) is 0 Å². The second kappa shape index (κ2) is 6.52. The second-order valence-corrected chi connectivity index (χ2v) is 5.29. The van der Waals surface area contributed by atoms with E-state index < -0.39 is 28.8 Å². The van der Waals surface area contributed by atoms with Crippen molar-refractivity contribution in [3.8, 4) is 11.5 Å². The average molecular weight is 352 g/mol. The number of aromatic hydroxyl groups is 2. The molecule has 26 heavy (non-hydrogen) atoms. The molecule has 1 heterocycles. The van der Waals surface area contributed by atoms with Crippen LogP contribution in [0.1, 0.15) is 20.7 Å². The highest BCUT2D eigenvalue weighted by molar-refractivity contribution is 6.00. The molecule has 3 rings (SSSR count). The van der Waals surface area contributed by atoms with E-state index in [0.29, 0.717) is 4.57 Å². The summed E-state index contributed by atoms with van der Waals surface area (Å²) in [6, 6.07) is 11.8. The number of carbonyl (C=O) groups excluding carboxylic acids is 2. The van der Waals surface area contributed by atoms with E-state index in [9.17, 15) is 29.4 Å². The molecular weight excluding hydrogens is 340 g/mol. The fraction of sp³-hybridized carbons (Fsp3) is 0. The van der Waals surface area contributed by atoms with E-state index in [4.69, 9.17) is 0 Å². The van der Waals surface area contributed by atoms with Crippen LogP contribution in [0.5, 0.6) is 11.5 Å². The Hall–Kier alpha value is -3.94. The van der Waals surface area contributed by atoms with E-state index in [-0.39, 0.29) is 21.4 Å². The lowest BCUT2D eigenvalue weighted by molar-refractivity contribution is 0.0929. The molecule has 8 nitrogen and oxygen atoms in total. The normalized spacial score (nSPS) is 10.5. The van der Waals surface area contributed by atoms with E-state index in [0.717, 1.165) is 12.3 Å². The number of para-hydroxylation sites is 2. The van der Waals surface area contributed by atoms with Gasteiger partial charge in [-0.05, 0) is 24.3 Å². The van der Waals surface area contributed by atoms with Crippen molar-refractivity contribution in [2.24, 2.45) is 0 Å². The monoisotopic (exact) mass is 352 g/mol. The SMILES string of the molecule is O=C(c1ccccc1O)n1ccc(=O)n(C(=O)c2ccccc2O)c1=O. The zero-order valence-electron chi connectivity index (χ0n) is 13.2. The number of phenols is 2. The Morgan fingerprint density at radius 2 is 1.23 bits per heavy atom. The molecule has 0 saturated carbocycles. The average Bonchev–Trinajstić information content (AvgIpc) is 2.62. The molecule has 130 valence electrons. The third-order valence-corrected chi connectivity index (χ3v) is 3.67. The van der Waals surface area contributed by atoms with E-state index in [2.05, 4.69) is 0 Å². The molecule has 0 amide bonds. The van der Waals surface area contributed by atoms with Gasteiger partial charge in [0.15, 0.2) is 0 Å². The van der Waals surface area contributed by atoms with Crippen molar-refractivity contribution in [3.63, 3.8) is 0 Å². The van der Waals surface area contributed by atoms with Gasteiger partial charge >= 0.3 is 5.69 Å². The largest absolute Gasteiger partial charge is 0.507 e. The Labute approximate surface area is 145 Å². The first kappa shape index (κ1) is 16.9. The standard InChI is InChI=1S/C18H12N2O6/c21-13-7-3-1-5-11(13)16(24)19-10-9-15(23)20(18(19)26)17(25)12-6-2-4-8-14(12)22/h1-10,21-22H. The number of hydrogen-bond donors (Lipinski definition) is 2. The van der Waals surface area contributed by atoms with Gasteiger partial charge in [0.25, 0.3) is 17.4 Å². The summed E-state index contributed by atoms with van der Waals surface area (Å²) in [5.41, 5.74) is -2.60. The fourth-order valence-electron chi connectivity index (χ4n) is 2.38. The minimum atomic E-state index is -1.21. The van der Waals surface area contributed by atoms with Crippen LogP contribution in [0.4, 0.5) is 0 Å². The van der Waals surface area contributed by atoms with Gasteiger partial charge in [0, 0.05) is 12.3 Å². The van der Waals surface area contributed by atoms with Crippen LogP contribution < -0.4 is 11.2 Å². The van der Waals surface area contributed by atoms with Gasteiger partial charge in [0.05, 0.1) is 11.1 Å². The van der Waals surface area contributed by atoms with Crippen LogP contribution in [0.2, 0.25) is 0 Å². The number of nitrogens with zero attached hydrogens (tertiary/aromatic N) is 2. The maximum absolute atomic E-state index is 12.6. The van der Waals surface area contributed by atoms with Gasteiger partial charge in [-0.25, -0.2) is 9.36 Å². The molecule has 0 bridgehead atoms. The van der Waals surface area contributed by atoms with Gasteiger partial charge in [-0.2, -0.15) is 4.57 Å². The Kier molecular flexibility index (Phi) is 4.24. The van der Waals surface area contributed by atoms with E-state index in [1.165, 1.54) is 48.5 Å².